The molecule has 0 unspecified atom stereocenters. The van der Waals surface area contributed by atoms with Gasteiger partial charge >= 0.3 is 5.97 Å². The van der Waals surface area contributed by atoms with E-state index in [2.05, 4.69) is 0 Å². The van der Waals surface area contributed by atoms with Gasteiger partial charge in [-0.05, 0) is 35.9 Å². The summed E-state index contributed by atoms with van der Waals surface area (Å²) in [5.41, 5.74) is -0.611. The molecule has 0 bridgehead atoms. The number of ether oxygens (including phenoxy) is 1. The number of rotatable bonds is 4. The monoisotopic (exact) mass is 488 g/mol. The van der Waals surface area contributed by atoms with Crippen molar-refractivity contribution in [3.05, 3.63) is 74.4 Å². The molecule has 0 fully saturated rings. The lowest BCUT2D eigenvalue weighted by molar-refractivity contribution is -0.133. The molecule has 3 aromatic carbocycles. The van der Waals surface area contributed by atoms with E-state index in [0.717, 1.165) is 24.3 Å². The topological polar surface area (TPSA) is 137 Å². The maximum absolute atomic E-state index is 13.2. The molecule has 0 aliphatic carbocycles. The highest BCUT2D eigenvalue weighted by Gasteiger charge is 2.24. The van der Waals surface area contributed by atoms with Crippen molar-refractivity contribution >= 4 is 40.1 Å². The van der Waals surface area contributed by atoms with E-state index in [1.54, 1.807) is 0 Å². The molecule has 33 heavy (non-hydrogen) atoms. The van der Waals surface area contributed by atoms with Crippen LogP contribution in [0, 0.1) is 0 Å². The Kier molecular flexibility index (Phi) is 5.80. The molecule has 0 spiro atoms. The zero-order valence-corrected chi connectivity index (χ0v) is 18.0. The lowest BCUT2D eigenvalue weighted by Crippen LogP contribution is -2.18. The molecule has 0 aliphatic rings. The second-order valence-electron chi connectivity index (χ2n) is 7.02. The highest BCUT2D eigenvalue weighted by Crippen LogP contribution is 2.38. The van der Waals surface area contributed by atoms with E-state index in [-0.39, 0.29) is 39.5 Å². The van der Waals surface area contributed by atoms with Crippen LogP contribution in [-0.2, 0) is 11.2 Å². The number of hydrogen-bond acceptors (Lipinski definition) is 8. The molecule has 8 nitrogen and oxygen atoms in total. The Labute approximate surface area is 195 Å². The van der Waals surface area contributed by atoms with Crippen LogP contribution < -0.4 is 10.2 Å². The maximum Gasteiger partial charge on any atom is 0.315 e. The highest BCUT2D eigenvalue weighted by atomic mass is 35.5. The molecule has 0 radical (unpaired) electrons. The van der Waals surface area contributed by atoms with Gasteiger partial charge in [0.25, 0.3) is 0 Å². The van der Waals surface area contributed by atoms with Crippen molar-refractivity contribution in [3.8, 4) is 40.1 Å². The van der Waals surface area contributed by atoms with Gasteiger partial charge in [-0.3, -0.25) is 9.59 Å². The zero-order chi connectivity index (χ0) is 23.9. The Bertz CT molecular complexity index is 1480. The van der Waals surface area contributed by atoms with Crippen LogP contribution >= 0.6 is 23.2 Å². The van der Waals surface area contributed by atoms with Crippen LogP contribution in [0.4, 0.5) is 0 Å². The summed E-state index contributed by atoms with van der Waals surface area (Å²) in [6.45, 7) is 0. The summed E-state index contributed by atoms with van der Waals surface area (Å²) in [5.74, 6) is -3.60. The first kappa shape index (κ1) is 22.3. The third-order valence-electron chi connectivity index (χ3n) is 4.72. The minimum absolute atomic E-state index is 0.0828. The van der Waals surface area contributed by atoms with Crippen molar-refractivity contribution in [2.24, 2.45) is 0 Å². The van der Waals surface area contributed by atoms with Crippen molar-refractivity contribution in [1.29, 1.82) is 0 Å². The quantitative estimate of drug-likeness (QED) is 0.238. The summed E-state index contributed by atoms with van der Waals surface area (Å²) in [4.78, 5) is 25.8. The van der Waals surface area contributed by atoms with Gasteiger partial charge in [0.2, 0.25) is 11.2 Å². The molecule has 4 aromatic rings. The highest BCUT2D eigenvalue weighted by molar-refractivity contribution is 6.35. The van der Waals surface area contributed by atoms with E-state index in [9.17, 15) is 30.0 Å². The van der Waals surface area contributed by atoms with Gasteiger partial charge in [-0.25, -0.2) is 0 Å². The van der Waals surface area contributed by atoms with E-state index in [1.165, 1.54) is 24.3 Å². The third kappa shape index (κ3) is 4.39. The maximum atomic E-state index is 13.2. The number of aromatic hydroxyl groups is 4. The molecule has 0 saturated heterocycles. The number of phenolic OH excluding ortho intramolecular Hbond substituents is 4. The molecule has 0 amide bonds. The second kappa shape index (κ2) is 8.57. The average molecular weight is 489 g/mol. The van der Waals surface area contributed by atoms with Crippen LogP contribution in [-0.4, -0.2) is 26.4 Å². The number of hydrogen-bond donors (Lipinski definition) is 4. The normalized spacial score (nSPS) is 11.0. The first-order chi connectivity index (χ1) is 15.6. The van der Waals surface area contributed by atoms with Crippen LogP contribution in [0.5, 0.6) is 28.7 Å². The summed E-state index contributed by atoms with van der Waals surface area (Å²) in [5, 5.41) is 39.7. The van der Waals surface area contributed by atoms with E-state index in [0.29, 0.717) is 10.6 Å². The molecule has 10 heteroatoms. The number of fused-ring (bicyclic) bond motifs is 1. The largest absolute Gasteiger partial charge is 0.508 e. The molecular weight excluding hydrogens is 475 g/mol. The first-order valence-corrected chi connectivity index (χ1v) is 10.1. The van der Waals surface area contributed by atoms with Crippen molar-refractivity contribution in [1.82, 2.24) is 0 Å². The van der Waals surface area contributed by atoms with Crippen molar-refractivity contribution < 1.29 is 34.4 Å². The van der Waals surface area contributed by atoms with E-state index >= 15 is 0 Å². The first-order valence-electron chi connectivity index (χ1n) is 9.34. The smallest absolute Gasteiger partial charge is 0.315 e. The molecular formula is C23H14Cl2O8. The minimum atomic E-state index is -0.896. The van der Waals surface area contributed by atoms with Crippen molar-refractivity contribution in [2.45, 2.75) is 6.42 Å². The Morgan fingerprint density at radius 1 is 0.909 bits per heavy atom. The zero-order valence-electron chi connectivity index (χ0n) is 16.5. The van der Waals surface area contributed by atoms with Crippen LogP contribution in [0.3, 0.4) is 0 Å². The van der Waals surface area contributed by atoms with Crippen LogP contribution in [0.15, 0.2) is 57.7 Å². The van der Waals surface area contributed by atoms with Gasteiger partial charge in [0.1, 0.15) is 22.5 Å². The number of halogens is 2. The molecule has 0 saturated carbocycles. The van der Waals surface area contributed by atoms with Gasteiger partial charge in [0, 0.05) is 27.7 Å². The van der Waals surface area contributed by atoms with E-state index < -0.39 is 34.4 Å². The van der Waals surface area contributed by atoms with Gasteiger partial charge in [0.15, 0.2) is 17.3 Å². The summed E-state index contributed by atoms with van der Waals surface area (Å²) in [6, 6.07) is 10.1. The number of carbonyl (C=O) groups is 1. The molecule has 4 rings (SSSR count). The van der Waals surface area contributed by atoms with Crippen LogP contribution in [0.2, 0.25) is 10.0 Å². The molecule has 0 atom stereocenters. The predicted octanol–water partition coefficient (Wildman–Crippen LogP) is 4.74. The minimum Gasteiger partial charge on any atom is -0.508 e. The lowest BCUT2D eigenvalue weighted by Gasteiger charge is -2.12. The van der Waals surface area contributed by atoms with E-state index in [1.807, 2.05) is 0 Å². The average Bonchev–Trinajstić information content (AvgIpc) is 2.73. The molecule has 168 valence electrons. The van der Waals surface area contributed by atoms with Gasteiger partial charge < -0.3 is 29.6 Å². The summed E-state index contributed by atoms with van der Waals surface area (Å²) in [7, 11) is 0. The predicted molar refractivity (Wildman–Crippen MR) is 120 cm³/mol. The SMILES string of the molecule is O=C(Cc1ccc(Cl)cc1Cl)Oc1c(-c2ccc(O)c(O)c2)oc2cc(O)cc(O)c2c1=O. The number of phenols is 4. The number of carbonyl (C=O) groups excluding carboxylic acids is 1. The summed E-state index contributed by atoms with van der Waals surface area (Å²) >= 11 is 12.0. The van der Waals surface area contributed by atoms with Gasteiger partial charge in [-0.1, -0.05) is 29.3 Å². The van der Waals surface area contributed by atoms with E-state index in [4.69, 9.17) is 32.4 Å². The molecule has 1 aromatic heterocycles. The molecule has 1 heterocycles. The Hall–Kier alpha value is -3.88. The van der Waals surface area contributed by atoms with Gasteiger partial charge in [0.05, 0.1) is 6.42 Å². The lowest BCUT2D eigenvalue weighted by atomic mass is 10.1. The Balaban J connectivity index is 1.85. The Morgan fingerprint density at radius 3 is 2.36 bits per heavy atom. The van der Waals surface area contributed by atoms with Gasteiger partial charge in [-0.15, -0.1) is 0 Å². The summed E-state index contributed by atoms with van der Waals surface area (Å²) in [6.07, 6.45) is -0.310. The van der Waals surface area contributed by atoms with Gasteiger partial charge in [-0.2, -0.15) is 0 Å². The second-order valence-corrected chi connectivity index (χ2v) is 7.86. The Morgan fingerprint density at radius 2 is 1.67 bits per heavy atom. The number of esters is 1. The standard InChI is InChI=1S/C23H14Cl2O8/c24-12-3-1-10(14(25)7-12)6-19(30)33-23-21(31)20-17(29)8-13(26)9-18(20)32-22(23)11-2-4-15(27)16(28)5-11/h1-5,7-9,26-29H,6H2. The fraction of sp³-hybridized carbons (Fsp3) is 0.0435. The van der Waals surface area contributed by atoms with Crippen LogP contribution in [0.1, 0.15) is 5.56 Å². The summed E-state index contributed by atoms with van der Waals surface area (Å²) < 4.78 is 11.0. The molecule has 4 N–H and O–H groups in total. The molecule has 0 aliphatic heterocycles. The third-order valence-corrected chi connectivity index (χ3v) is 5.31. The van der Waals surface area contributed by atoms with Crippen molar-refractivity contribution in [3.63, 3.8) is 0 Å². The number of benzene rings is 3. The van der Waals surface area contributed by atoms with Crippen LogP contribution in [0.25, 0.3) is 22.3 Å². The fourth-order valence-electron chi connectivity index (χ4n) is 3.19. The fourth-order valence-corrected chi connectivity index (χ4v) is 3.66. The van der Waals surface area contributed by atoms with Crippen molar-refractivity contribution in [2.75, 3.05) is 0 Å².